The molecule has 0 radical (unpaired) electrons. The van der Waals surface area contributed by atoms with Crippen LogP contribution in [0, 0.1) is 5.82 Å². The Hall–Kier alpha value is -2.66. The average Bonchev–Trinajstić information content (AvgIpc) is 2.68. The first-order valence-electron chi connectivity index (χ1n) is 8.84. The molecule has 0 atom stereocenters. The zero-order chi connectivity index (χ0) is 18.4. The molecule has 0 aliphatic carbocycles. The van der Waals surface area contributed by atoms with Crippen LogP contribution >= 0.6 is 0 Å². The molecule has 2 aromatic rings. The number of quaternary nitrogens is 1. The minimum atomic E-state index is -0.250. The van der Waals surface area contributed by atoms with E-state index in [4.69, 9.17) is 4.74 Å². The zero-order valence-electron chi connectivity index (χ0n) is 15.0. The lowest BCUT2D eigenvalue weighted by Gasteiger charge is -2.32. The van der Waals surface area contributed by atoms with Gasteiger partial charge in [-0.3, -0.25) is 4.79 Å². The van der Waals surface area contributed by atoms with Crippen molar-refractivity contribution in [3.05, 3.63) is 71.6 Å². The highest BCUT2D eigenvalue weighted by Crippen LogP contribution is 2.18. The summed E-state index contributed by atoms with van der Waals surface area (Å²) < 4.78 is 18.8. The lowest BCUT2D eigenvalue weighted by Crippen LogP contribution is -3.13. The molecule has 3 rings (SSSR count). The van der Waals surface area contributed by atoms with Gasteiger partial charge in [0.05, 0.1) is 38.9 Å². The van der Waals surface area contributed by atoms with Crippen LogP contribution in [0.3, 0.4) is 0 Å². The predicted octanol–water partition coefficient (Wildman–Crippen LogP) is 1.77. The Labute approximate surface area is 153 Å². The van der Waals surface area contributed by atoms with E-state index in [9.17, 15) is 9.18 Å². The normalized spacial score (nSPS) is 15.4. The topological polar surface area (TPSA) is 34.0 Å². The predicted molar refractivity (Wildman–Crippen MR) is 99.4 cm³/mol. The Kier molecular flexibility index (Phi) is 6.02. The second kappa shape index (κ2) is 8.63. The van der Waals surface area contributed by atoms with Gasteiger partial charge in [-0.15, -0.1) is 0 Å². The van der Waals surface area contributed by atoms with Gasteiger partial charge in [-0.1, -0.05) is 30.3 Å². The molecular weight excluding hydrogens is 331 g/mol. The van der Waals surface area contributed by atoms with Crippen molar-refractivity contribution in [3.8, 4) is 5.75 Å². The molecule has 4 nitrogen and oxygen atoms in total. The number of methoxy groups -OCH3 is 1. The zero-order valence-corrected chi connectivity index (χ0v) is 15.0. The van der Waals surface area contributed by atoms with E-state index in [1.54, 1.807) is 19.3 Å². The summed E-state index contributed by atoms with van der Waals surface area (Å²) in [6.45, 7) is 3.77. The third kappa shape index (κ3) is 4.70. The molecule has 2 aromatic carbocycles. The highest BCUT2D eigenvalue weighted by Gasteiger charge is 2.23. The summed E-state index contributed by atoms with van der Waals surface area (Å²) >= 11 is 0. The van der Waals surface area contributed by atoms with Crippen LogP contribution in [0.25, 0.3) is 6.08 Å². The van der Waals surface area contributed by atoms with Crippen molar-refractivity contribution in [3.63, 3.8) is 0 Å². The van der Waals surface area contributed by atoms with Gasteiger partial charge >= 0.3 is 0 Å². The maximum Gasteiger partial charge on any atom is 0.246 e. The molecule has 1 aliphatic heterocycles. The molecule has 0 aromatic heterocycles. The minimum absolute atomic E-state index is 0.0382. The van der Waals surface area contributed by atoms with Gasteiger partial charge in [0, 0.05) is 6.08 Å². The van der Waals surface area contributed by atoms with Crippen LogP contribution in [0.1, 0.15) is 11.1 Å². The van der Waals surface area contributed by atoms with Crippen LogP contribution in [0.2, 0.25) is 0 Å². The molecule has 0 unspecified atom stereocenters. The third-order valence-corrected chi connectivity index (χ3v) is 4.68. The van der Waals surface area contributed by atoms with Crippen molar-refractivity contribution >= 4 is 12.0 Å². The number of piperazine rings is 1. The summed E-state index contributed by atoms with van der Waals surface area (Å²) in [6, 6.07) is 14.4. The summed E-state index contributed by atoms with van der Waals surface area (Å²) in [7, 11) is 1.60. The molecule has 5 heteroatoms. The largest absolute Gasteiger partial charge is 0.496 e. The van der Waals surface area contributed by atoms with Crippen molar-refractivity contribution in [2.75, 3.05) is 33.3 Å². The first-order chi connectivity index (χ1) is 12.7. The van der Waals surface area contributed by atoms with E-state index in [1.165, 1.54) is 17.0 Å². The monoisotopic (exact) mass is 355 g/mol. The van der Waals surface area contributed by atoms with E-state index < -0.39 is 0 Å². The highest BCUT2D eigenvalue weighted by atomic mass is 19.1. The number of nitrogens with zero attached hydrogens (tertiary/aromatic N) is 1. The van der Waals surface area contributed by atoms with Crippen molar-refractivity contribution in [1.82, 2.24) is 4.90 Å². The van der Waals surface area contributed by atoms with E-state index in [1.807, 2.05) is 41.3 Å². The Morgan fingerprint density at radius 2 is 1.92 bits per heavy atom. The van der Waals surface area contributed by atoms with E-state index in [0.29, 0.717) is 25.4 Å². The first kappa shape index (κ1) is 18.1. The van der Waals surface area contributed by atoms with E-state index >= 15 is 0 Å². The molecule has 26 heavy (non-hydrogen) atoms. The van der Waals surface area contributed by atoms with Crippen LogP contribution in [0.4, 0.5) is 4.39 Å². The molecule has 0 saturated carbocycles. The Bertz CT molecular complexity index is 769. The van der Waals surface area contributed by atoms with Gasteiger partial charge in [0.15, 0.2) is 0 Å². The minimum Gasteiger partial charge on any atom is -0.496 e. The average molecular weight is 355 g/mol. The number of halogens is 1. The van der Waals surface area contributed by atoms with Crippen molar-refractivity contribution in [1.29, 1.82) is 0 Å². The standard InChI is InChI=1S/C21H23FN2O2/c1-26-20-9-8-19(22)15-18(20)16-23-11-13-24(14-12-23)21(25)10-7-17-5-3-2-4-6-17/h2-10,15H,11-14,16H2,1H3/p+1/b10-7+. The van der Waals surface area contributed by atoms with Gasteiger partial charge in [-0.2, -0.15) is 0 Å². The fraction of sp³-hybridized carbons (Fsp3) is 0.286. The van der Waals surface area contributed by atoms with Gasteiger partial charge < -0.3 is 14.5 Å². The van der Waals surface area contributed by atoms with Crippen molar-refractivity contribution in [2.45, 2.75) is 6.54 Å². The van der Waals surface area contributed by atoms with Crippen LogP contribution in [-0.4, -0.2) is 44.1 Å². The molecule has 1 saturated heterocycles. The molecule has 1 fully saturated rings. The Morgan fingerprint density at radius 3 is 2.62 bits per heavy atom. The van der Waals surface area contributed by atoms with Crippen molar-refractivity contribution in [2.24, 2.45) is 0 Å². The second-order valence-corrected chi connectivity index (χ2v) is 6.45. The fourth-order valence-electron chi connectivity index (χ4n) is 3.21. The molecule has 1 aliphatic rings. The number of carbonyl (C=O) groups excluding carboxylic acids is 1. The number of hydrogen-bond acceptors (Lipinski definition) is 2. The quantitative estimate of drug-likeness (QED) is 0.830. The molecule has 0 spiro atoms. The van der Waals surface area contributed by atoms with Gasteiger partial charge in [0.1, 0.15) is 18.1 Å². The van der Waals surface area contributed by atoms with E-state index in [0.717, 1.165) is 24.2 Å². The van der Waals surface area contributed by atoms with Crippen LogP contribution in [0.5, 0.6) is 5.75 Å². The number of carbonyl (C=O) groups is 1. The molecule has 136 valence electrons. The summed E-state index contributed by atoms with van der Waals surface area (Å²) in [5, 5.41) is 0. The molecule has 0 bridgehead atoms. The number of rotatable bonds is 5. The smallest absolute Gasteiger partial charge is 0.246 e. The Morgan fingerprint density at radius 1 is 1.19 bits per heavy atom. The number of benzene rings is 2. The maximum absolute atomic E-state index is 13.5. The van der Waals surface area contributed by atoms with Crippen molar-refractivity contribution < 1.29 is 18.8 Å². The molecular formula is C21H24FN2O2+. The molecule has 1 heterocycles. The number of hydrogen-bond donors (Lipinski definition) is 1. The summed E-state index contributed by atoms with van der Waals surface area (Å²) in [6.07, 6.45) is 3.48. The second-order valence-electron chi connectivity index (χ2n) is 6.45. The van der Waals surface area contributed by atoms with Crippen LogP contribution in [-0.2, 0) is 11.3 Å². The summed E-state index contributed by atoms with van der Waals surface area (Å²) in [4.78, 5) is 15.5. The summed E-state index contributed by atoms with van der Waals surface area (Å²) in [5.41, 5.74) is 1.88. The van der Waals surface area contributed by atoms with Gasteiger partial charge in [0.2, 0.25) is 5.91 Å². The maximum atomic E-state index is 13.5. The highest BCUT2D eigenvalue weighted by molar-refractivity contribution is 5.91. The summed E-state index contributed by atoms with van der Waals surface area (Å²) in [5.74, 6) is 0.500. The third-order valence-electron chi connectivity index (χ3n) is 4.68. The van der Waals surface area contributed by atoms with E-state index in [2.05, 4.69) is 0 Å². The number of amides is 1. The fourth-order valence-corrected chi connectivity index (χ4v) is 3.21. The van der Waals surface area contributed by atoms with E-state index in [-0.39, 0.29) is 11.7 Å². The lowest BCUT2D eigenvalue weighted by molar-refractivity contribution is -0.917. The number of nitrogens with one attached hydrogen (secondary N) is 1. The van der Waals surface area contributed by atoms with Gasteiger partial charge in [-0.25, -0.2) is 4.39 Å². The van der Waals surface area contributed by atoms with Crippen LogP contribution in [0.15, 0.2) is 54.6 Å². The lowest BCUT2D eigenvalue weighted by atomic mass is 10.1. The SMILES string of the molecule is COc1ccc(F)cc1C[NH+]1CCN(C(=O)/C=C/c2ccccc2)CC1. The Balaban J connectivity index is 1.53. The first-order valence-corrected chi connectivity index (χ1v) is 8.84. The number of ether oxygens (including phenoxy) is 1. The van der Waals surface area contributed by atoms with Gasteiger partial charge in [-0.05, 0) is 29.8 Å². The molecule has 1 amide bonds. The van der Waals surface area contributed by atoms with Gasteiger partial charge in [0.25, 0.3) is 0 Å². The van der Waals surface area contributed by atoms with Crippen LogP contribution < -0.4 is 9.64 Å². The molecule has 1 N–H and O–H groups in total.